The standard InChI is InChI=1S/C19H20N2O7/c1-26-15-9-10-16(17(12-15)21(24)25)20-18(22)13-28-19(23)8-5-11-27-14-6-3-2-4-7-14/h2-4,6-7,9-10,12H,5,8,11,13H2,1H3,(H,20,22). The van der Waals surface area contributed by atoms with Crippen LogP contribution < -0.4 is 14.8 Å². The highest BCUT2D eigenvalue weighted by molar-refractivity contribution is 5.95. The minimum Gasteiger partial charge on any atom is -0.496 e. The Morgan fingerprint density at radius 2 is 1.86 bits per heavy atom. The molecule has 1 amide bonds. The number of nitro benzene ring substituents is 1. The molecule has 0 atom stereocenters. The summed E-state index contributed by atoms with van der Waals surface area (Å²) in [7, 11) is 1.38. The molecule has 28 heavy (non-hydrogen) atoms. The van der Waals surface area contributed by atoms with Gasteiger partial charge in [-0.2, -0.15) is 0 Å². The van der Waals surface area contributed by atoms with Gasteiger partial charge in [-0.15, -0.1) is 0 Å². The Balaban J connectivity index is 1.73. The Labute approximate surface area is 161 Å². The van der Waals surface area contributed by atoms with Crippen molar-refractivity contribution in [1.82, 2.24) is 0 Å². The van der Waals surface area contributed by atoms with Crippen molar-refractivity contribution in [3.63, 3.8) is 0 Å². The minimum atomic E-state index is -0.679. The monoisotopic (exact) mass is 388 g/mol. The topological polar surface area (TPSA) is 117 Å². The number of hydrogen-bond acceptors (Lipinski definition) is 7. The number of ether oxygens (including phenoxy) is 3. The Kier molecular flexibility index (Phi) is 7.77. The SMILES string of the molecule is COc1ccc(NC(=O)COC(=O)CCCOc2ccccc2)c([N+](=O)[O-])c1. The molecule has 2 rings (SSSR count). The van der Waals surface area contributed by atoms with Crippen LogP contribution in [0.15, 0.2) is 48.5 Å². The highest BCUT2D eigenvalue weighted by Crippen LogP contribution is 2.28. The van der Waals surface area contributed by atoms with Gasteiger partial charge in [0.25, 0.3) is 11.6 Å². The van der Waals surface area contributed by atoms with Gasteiger partial charge in [-0.05, 0) is 30.7 Å². The number of nitro groups is 1. The van der Waals surface area contributed by atoms with E-state index in [4.69, 9.17) is 14.2 Å². The molecule has 0 aromatic heterocycles. The summed E-state index contributed by atoms with van der Waals surface area (Å²) in [6, 6.07) is 13.2. The van der Waals surface area contributed by atoms with Gasteiger partial charge in [-0.1, -0.05) is 18.2 Å². The van der Waals surface area contributed by atoms with Gasteiger partial charge in [-0.25, -0.2) is 0 Å². The maximum Gasteiger partial charge on any atom is 0.306 e. The minimum absolute atomic E-state index is 0.0110. The maximum absolute atomic E-state index is 11.9. The van der Waals surface area contributed by atoms with E-state index >= 15 is 0 Å². The lowest BCUT2D eigenvalue weighted by molar-refractivity contribution is -0.384. The molecular formula is C19H20N2O7. The van der Waals surface area contributed by atoms with E-state index in [1.807, 2.05) is 18.2 Å². The van der Waals surface area contributed by atoms with Gasteiger partial charge < -0.3 is 19.5 Å². The molecule has 0 spiro atoms. The van der Waals surface area contributed by atoms with E-state index in [2.05, 4.69) is 5.32 Å². The fourth-order valence-electron chi connectivity index (χ4n) is 2.22. The Hall–Kier alpha value is -3.62. The first kappa shape index (κ1) is 20.7. The van der Waals surface area contributed by atoms with Gasteiger partial charge in [0.2, 0.25) is 0 Å². The number of methoxy groups -OCH3 is 1. The zero-order valence-electron chi connectivity index (χ0n) is 15.3. The molecule has 0 fully saturated rings. The van der Waals surface area contributed by atoms with Crippen LogP contribution in [0.5, 0.6) is 11.5 Å². The number of carbonyl (C=O) groups excluding carboxylic acids is 2. The summed E-state index contributed by atoms with van der Waals surface area (Å²) in [6.45, 7) is -0.203. The van der Waals surface area contributed by atoms with Crippen LogP contribution in [0.2, 0.25) is 0 Å². The van der Waals surface area contributed by atoms with Crippen LogP contribution in [0.4, 0.5) is 11.4 Å². The number of para-hydroxylation sites is 1. The molecule has 0 aliphatic rings. The molecule has 0 aliphatic heterocycles. The van der Waals surface area contributed by atoms with E-state index in [0.717, 1.165) is 0 Å². The highest BCUT2D eigenvalue weighted by atomic mass is 16.6. The van der Waals surface area contributed by atoms with Crippen LogP contribution in [-0.2, 0) is 14.3 Å². The van der Waals surface area contributed by atoms with Crippen molar-refractivity contribution in [2.75, 3.05) is 25.6 Å². The molecule has 1 N–H and O–H groups in total. The lowest BCUT2D eigenvalue weighted by Crippen LogP contribution is -2.21. The van der Waals surface area contributed by atoms with Gasteiger partial charge in [0.15, 0.2) is 6.61 Å². The zero-order chi connectivity index (χ0) is 20.4. The summed E-state index contributed by atoms with van der Waals surface area (Å²) < 4.78 is 15.2. The molecule has 9 heteroatoms. The lowest BCUT2D eigenvalue weighted by atomic mass is 10.2. The molecule has 0 saturated heterocycles. The predicted octanol–water partition coefficient (Wildman–Crippen LogP) is 2.94. The fourth-order valence-corrected chi connectivity index (χ4v) is 2.22. The number of benzene rings is 2. The third-order valence-corrected chi connectivity index (χ3v) is 3.58. The molecule has 0 radical (unpaired) electrons. The summed E-state index contributed by atoms with van der Waals surface area (Å²) in [4.78, 5) is 34.0. The Morgan fingerprint density at radius 1 is 1.11 bits per heavy atom. The summed E-state index contributed by atoms with van der Waals surface area (Å²) in [5.74, 6) is -0.247. The van der Waals surface area contributed by atoms with E-state index in [1.54, 1.807) is 12.1 Å². The average molecular weight is 388 g/mol. The van der Waals surface area contributed by atoms with Gasteiger partial charge >= 0.3 is 5.97 Å². The third kappa shape index (κ3) is 6.60. The smallest absolute Gasteiger partial charge is 0.306 e. The molecule has 0 aliphatic carbocycles. The van der Waals surface area contributed by atoms with Crippen LogP contribution in [-0.4, -0.2) is 37.1 Å². The first-order valence-electron chi connectivity index (χ1n) is 8.45. The van der Waals surface area contributed by atoms with Gasteiger partial charge in [0, 0.05) is 6.42 Å². The number of nitrogens with one attached hydrogen (secondary N) is 1. The average Bonchev–Trinajstić information content (AvgIpc) is 2.70. The molecule has 0 saturated carbocycles. The number of esters is 1. The van der Waals surface area contributed by atoms with Crippen molar-refractivity contribution in [2.45, 2.75) is 12.8 Å². The number of amides is 1. The molecule has 2 aromatic carbocycles. The van der Waals surface area contributed by atoms with E-state index in [1.165, 1.54) is 25.3 Å². The zero-order valence-corrected chi connectivity index (χ0v) is 15.3. The molecule has 148 valence electrons. The van der Waals surface area contributed by atoms with Crippen molar-refractivity contribution >= 4 is 23.3 Å². The largest absolute Gasteiger partial charge is 0.496 e. The van der Waals surface area contributed by atoms with Crippen LogP contribution in [0.3, 0.4) is 0 Å². The van der Waals surface area contributed by atoms with Crippen molar-refractivity contribution in [3.8, 4) is 11.5 Å². The quantitative estimate of drug-likeness (QED) is 0.288. The van der Waals surface area contributed by atoms with Crippen molar-refractivity contribution in [3.05, 3.63) is 58.6 Å². The van der Waals surface area contributed by atoms with E-state index in [0.29, 0.717) is 18.8 Å². The number of nitrogens with zero attached hydrogens (tertiary/aromatic N) is 1. The third-order valence-electron chi connectivity index (χ3n) is 3.58. The summed E-state index contributed by atoms with van der Waals surface area (Å²) >= 11 is 0. The first-order chi connectivity index (χ1) is 13.5. The predicted molar refractivity (Wildman–Crippen MR) is 100 cm³/mol. The normalized spacial score (nSPS) is 10.0. The highest BCUT2D eigenvalue weighted by Gasteiger charge is 2.18. The summed E-state index contributed by atoms with van der Waals surface area (Å²) in [6.07, 6.45) is 0.516. The lowest BCUT2D eigenvalue weighted by Gasteiger charge is -2.08. The van der Waals surface area contributed by atoms with Crippen LogP contribution >= 0.6 is 0 Å². The molecule has 0 unspecified atom stereocenters. The number of carbonyl (C=O) groups is 2. The molecule has 0 heterocycles. The van der Waals surface area contributed by atoms with Gasteiger partial charge in [0.05, 0.1) is 24.7 Å². The molecule has 0 bridgehead atoms. The van der Waals surface area contributed by atoms with Crippen molar-refractivity contribution in [1.29, 1.82) is 0 Å². The summed E-state index contributed by atoms with van der Waals surface area (Å²) in [5.41, 5.74) is -0.333. The van der Waals surface area contributed by atoms with Crippen LogP contribution in [0.1, 0.15) is 12.8 Å². The van der Waals surface area contributed by atoms with Gasteiger partial charge in [-0.3, -0.25) is 19.7 Å². The number of anilines is 1. The van der Waals surface area contributed by atoms with Crippen molar-refractivity contribution < 1.29 is 28.7 Å². The van der Waals surface area contributed by atoms with Crippen LogP contribution in [0, 0.1) is 10.1 Å². The second-order valence-electron chi connectivity index (χ2n) is 5.61. The van der Waals surface area contributed by atoms with Crippen molar-refractivity contribution in [2.24, 2.45) is 0 Å². The van der Waals surface area contributed by atoms with E-state index in [9.17, 15) is 19.7 Å². The van der Waals surface area contributed by atoms with E-state index in [-0.39, 0.29) is 23.5 Å². The Bertz CT molecular complexity index is 824. The molecule has 9 nitrogen and oxygen atoms in total. The first-order valence-corrected chi connectivity index (χ1v) is 8.45. The number of hydrogen-bond donors (Lipinski definition) is 1. The summed E-state index contributed by atoms with van der Waals surface area (Å²) in [5, 5.41) is 13.4. The fraction of sp³-hybridized carbons (Fsp3) is 0.263. The van der Waals surface area contributed by atoms with Gasteiger partial charge in [0.1, 0.15) is 17.2 Å². The Morgan fingerprint density at radius 3 is 2.54 bits per heavy atom. The molecule has 2 aromatic rings. The van der Waals surface area contributed by atoms with E-state index < -0.39 is 23.4 Å². The maximum atomic E-state index is 11.9. The van der Waals surface area contributed by atoms with Crippen LogP contribution in [0.25, 0.3) is 0 Å². The second kappa shape index (κ2) is 10.5. The molecular weight excluding hydrogens is 368 g/mol. The second-order valence-corrected chi connectivity index (χ2v) is 5.61. The number of rotatable bonds is 10.